The number of aromatic nitrogens is 1. The number of hydrogen-bond donors (Lipinski definition) is 4. The minimum Gasteiger partial charge on any atom is -0.462 e. The molecule has 5 N–H and O–H groups in total. The van der Waals surface area contributed by atoms with Gasteiger partial charge in [0.05, 0.1) is 85.7 Å². The van der Waals surface area contributed by atoms with Gasteiger partial charge in [-0.25, -0.2) is 4.98 Å². The Morgan fingerprint density at radius 2 is 1.78 bits per heavy atom. The summed E-state index contributed by atoms with van der Waals surface area (Å²) in [6.45, 7) is 9.78. The van der Waals surface area contributed by atoms with Crippen LogP contribution in [0.15, 0.2) is 53.2 Å². The fourth-order valence-corrected chi connectivity index (χ4v) is 11.1. The van der Waals surface area contributed by atoms with E-state index in [4.69, 9.17) is 53.2 Å². The van der Waals surface area contributed by atoms with E-state index >= 15 is 0 Å². The second-order valence-electron chi connectivity index (χ2n) is 20.0. The molecule has 19 nitrogen and oxygen atoms in total. The number of hydrogen-bond acceptors (Lipinski definition) is 20. The Morgan fingerprint density at radius 3 is 2.52 bits per heavy atom. The normalized spacial score (nSPS) is 36.5. The quantitative estimate of drug-likeness (QED) is 0.0786. The number of rotatable bonds is 15. The molecule has 0 radical (unpaired) electrons. The van der Waals surface area contributed by atoms with Crippen LogP contribution in [0.4, 0.5) is 5.13 Å². The van der Waals surface area contributed by atoms with Crippen molar-refractivity contribution < 1.29 is 72.4 Å². The minimum absolute atomic E-state index is 0.0371. The summed E-state index contributed by atoms with van der Waals surface area (Å²) in [6, 6.07) is 5.18. The fraction of sp³-hybridized carbons (Fsp3) is 0.698. The van der Waals surface area contributed by atoms with Gasteiger partial charge in [-0.05, 0) is 89.7 Å². The zero-order valence-electron chi connectivity index (χ0n) is 43.9. The molecule has 20 heteroatoms. The average Bonchev–Trinajstić information content (AvgIpc) is 3.73. The maximum Gasteiger partial charge on any atom is 0.308 e. The number of nitrogens with two attached hydrogens (primary N) is 1. The molecule has 2 saturated heterocycles. The van der Waals surface area contributed by atoms with Gasteiger partial charge in [0, 0.05) is 38.6 Å². The van der Waals surface area contributed by atoms with E-state index in [1.165, 1.54) is 18.4 Å². The van der Waals surface area contributed by atoms with Crippen LogP contribution in [0, 0.1) is 23.7 Å². The molecular formula is C53H80N4O15S. The standard InChI is InChI=1S/C53H80N4O15S/c1-10-41-36(26-67-42-18-17-40(59)50(63-8)51(42)64-9)22-30(2)13-16-39(58)31(3)23-35-19-21-65-27-37(56-69-29-66-20-11-12-34-14-15-38-44(24-34)73-53(54)55-38)28-68-43(25-45(60)71-41)32(4)49(35)72-52-48(62)46(57(6)7)47(61)33(5)70-52/h11-16,22,24,31-33,35-36,40-43,46-52,59,61-62H,10,17-21,23,25-29H2,1-9H3,(H2,54,55)/b12-11+,16-13+,30-22+,56-37+/t31-,32+,33-,35?,36-,40-,41-,42-,43-,46+,47-,48-,49-,50-,51+,52+/m1/s1. The number of aliphatic hydroxyl groups excluding tert-OH is 3. The molecule has 4 heterocycles. The summed E-state index contributed by atoms with van der Waals surface area (Å²) in [5.41, 5.74) is 8.88. The van der Waals surface area contributed by atoms with Crippen LogP contribution in [0.5, 0.6) is 0 Å². The van der Waals surface area contributed by atoms with Gasteiger partial charge in [-0.3, -0.25) is 9.59 Å². The van der Waals surface area contributed by atoms with Gasteiger partial charge in [0.1, 0.15) is 30.1 Å². The fourth-order valence-electron chi connectivity index (χ4n) is 10.4. The summed E-state index contributed by atoms with van der Waals surface area (Å²) in [7, 11) is 6.64. The molecule has 3 aliphatic heterocycles. The van der Waals surface area contributed by atoms with Gasteiger partial charge in [0.25, 0.3) is 0 Å². The Bertz CT molecular complexity index is 2190. The van der Waals surface area contributed by atoms with Crippen molar-refractivity contribution in [2.45, 2.75) is 147 Å². The van der Waals surface area contributed by atoms with Crippen molar-refractivity contribution in [1.29, 1.82) is 0 Å². The van der Waals surface area contributed by atoms with Gasteiger partial charge in [0.2, 0.25) is 6.79 Å². The molecule has 6 rings (SSSR count). The van der Waals surface area contributed by atoms with Gasteiger partial charge in [0.15, 0.2) is 17.2 Å². The second kappa shape index (κ2) is 28.4. The van der Waals surface area contributed by atoms with Crippen molar-refractivity contribution in [3.05, 3.63) is 53.6 Å². The number of fused-ring (bicyclic) bond motifs is 4. The molecule has 1 unspecified atom stereocenters. The van der Waals surface area contributed by atoms with Crippen LogP contribution in [0.3, 0.4) is 0 Å². The first-order valence-electron chi connectivity index (χ1n) is 25.6. The van der Waals surface area contributed by atoms with Crippen LogP contribution >= 0.6 is 11.3 Å². The smallest absolute Gasteiger partial charge is 0.308 e. The van der Waals surface area contributed by atoms with Crippen molar-refractivity contribution in [3.8, 4) is 0 Å². The number of thiazole rings is 1. The van der Waals surface area contributed by atoms with E-state index < -0.39 is 97.1 Å². The first-order valence-corrected chi connectivity index (χ1v) is 26.4. The molecule has 0 spiro atoms. The molecule has 4 aliphatic rings. The molecule has 2 bridgehead atoms. The zero-order valence-corrected chi connectivity index (χ0v) is 44.7. The highest BCUT2D eigenvalue weighted by atomic mass is 32.1. The zero-order chi connectivity index (χ0) is 52.8. The molecule has 73 heavy (non-hydrogen) atoms. The number of carbonyl (C=O) groups excluding carboxylic acids is 2. The van der Waals surface area contributed by atoms with Crippen LogP contribution in [-0.2, 0) is 57.1 Å². The number of ketones is 1. The number of allylic oxidation sites excluding steroid dienone is 3. The Balaban J connectivity index is 1.26. The van der Waals surface area contributed by atoms with Crippen molar-refractivity contribution in [2.75, 3.05) is 73.9 Å². The number of esters is 1. The van der Waals surface area contributed by atoms with Crippen LogP contribution < -0.4 is 5.73 Å². The Hall–Kier alpha value is -3.74. The van der Waals surface area contributed by atoms with E-state index in [1.807, 2.05) is 64.1 Å². The van der Waals surface area contributed by atoms with E-state index in [0.717, 1.165) is 21.4 Å². The number of methoxy groups -OCH3 is 2. The SMILES string of the molecule is CC[C@H]1OC(=O)C[C@H]2OC/C(=N/OCOC/C=C/c3ccc4nc(N)sc4c3)COCCC(C[C@@H](C)C(=O)/C=C/C(C)=C/[C@@H]1CO[C@@H]1CC[C@@H](O)[C@@H](OC)[C@H]1OC)[C@H](O[C@@H]1O[C@H](C)[C@@H](O)[C@H](N(C)C)[C@H]1O)[C@H]2C. The largest absolute Gasteiger partial charge is 0.462 e. The molecule has 0 amide bonds. The number of ether oxygens (including phenoxy) is 9. The molecular weight excluding hydrogens is 965 g/mol. The summed E-state index contributed by atoms with van der Waals surface area (Å²) in [6.07, 6.45) is 2.51. The maximum absolute atomic E-state index is 14.5. The predicted molar refractivity (Wildman–Crippen MR) is 275 cm³/mol. The van der Waals surface area contributed by atoms with Crippen molar-refractivity contribution in [3.63, 3.8) is 0 Å². The Kier molecular flexibility index (Phi) is 22.8. The highest BCUT2D eigenvalue weighted by Crippen LogP contribution is 2.36. The summed E-state index contributed by atoms with van der Waals surface area (Å²) >= 11 is 1.43. The Labute approximate surface area is 433 Å². The molecule has 1 aliphatic carbocycles. The van der Waals surface area contributed by atoms with Gasteiger partial charge in [-0.2, -0.15) is 0 Å². The molecule has 16 atom stereocenters. The molecule has 1 aromatic carbocycles. The first-order chi connectivity index (χ1) is 35.0. The lowest BCUT2D eigenvalue weighted by atomic mass is 9.79. The van der Waals surface area contributed by atoms with Crippen molar-refractivity contribution >= 4 is 50.2 Å². The summed E-state index contributed by atoms with van der Waals surface area (Å²) in [5, 5.41) is 38.4. The van der Waals surface area contributed by atoms with E-state index in [0.29, 0.717) is 42.9 Å². The molecule has 1 aromatic heterocycles. The number of cyclic esters (lactones) is 1. The lowest BCUT2D eigenvalue weighted by molar-refractivity contribution is -0.305. The summed E-state index contributed by atoms with van der Waals surface area (Å²) in [5.74, 6) is -2.49. The third-order valence-electron chi connectivity index (χ3n) is 14.4. The van der Waals surface area contributed by atoms with Crippen LogP contribution in [0.2, 0.25) is 0 Å². The van der Waals surface area contributed by atoms with Crippen LogP contribution in [0.1, 0.15) is 78.7 Å². The minimum atomic E-state index is -1.26. The highest BCUT2D eigenvalue weighted by molar-refractivity contribution is 7.22. The second-order valence-corrected chi connectivity index (χ2v) is 21.1. The average molecular weight is 1050 g/mol. The number of benzene rings is 1. The molecule has 408 valence electrons. The van der Waals surface area contributed by atoms with Crippen LogP contribution in [-0.4, -0.2) is 184 Å². The third kappa shape index (κ3) is 16.1. The lowest BCUT2D eigenvalue weighted by Crippen LogP contribution is -2.63. The lowest BCUT2D eigenvalue weighted by Gasteiger charge is -2.47. The maximum atomic E-state index is 14.5. The number of carbonyl (C=O) groups is 2. The number of nitrogens with zero attached hydrogens (tertiary/aromatic N) is 3. The first kappa shape index (κ1) is 58.5. The predicted octanol–water partition coefficient (Wildman–Crippen LogP) is 5.09. The van der Waals surface area contributed by atoms with Crippen molar-refractivity contribution in [2.24, 2.45) is 28.8 Å². The summed E-state index contributed by atoms with van der Waals surface area (Å²) < 4.78 is 57.0. The van der Waals surface area contributed by atoms with Gasteiger partial charge in [-0.15, -0.1) is 0 Å². The number of anilines is 1. The van der Waals surface area contributed by atoms with E-state index in [9.17, 15) is 24.9 Å². The molecule has 1 saturated carbocycles. The molecule has 3 fully saturated rings. The summed E-state index contributed by atoms with van der Waals surface area (Å²) in [4.78, 5) is 40.2. The number of oxime groups is 1. The van der Waals surface area contributed by atoms with E-state index in [1.54, 1.807) is 45.2 Å². The number of nitrogen functional groups attached to an aromatic ring is 1. The number of aliphatic hydroxyl groups is 3. The van der Waals surface area contributed by atoms with E-state index in [2.05, 4.69) is 10.1 Å². The van der Waals surface area contributed by atoms with Gasteiger partial charge < -0.3 is 73.4 Å². The van der Waals surface area contributed by atoms with E-state index in [-0.39, 0.29) is 57.9 Å². The third-order valence-corrected chi connectivity index (χ3v) is 15.3. The molecule has 2 aromatic rings. The topological polar surface area (TPSA) is 242 Å². The Morgan fingerprint density at radius 1 is 1.00 bits per heavy atom. The number of likely N-dealkylation sites (N-methyl/N-ethyl adjacent to an activating group) is 1. The van der Waals surface area contributed by atoms with Crippen LogP contribution in [0.25, 0.3) is 16.3 Å². The highest BCUT2D eigenvalue weighted by Gasteiger charge is 2.48. The van der Waals surface area contributed by atoms with Crippen molar-refractivity contribution in [1.82, 2.24) is 9.88 Å². The monoisotopic (exact) mass is 1040 g/mol. The van der Waals surface area contributed by atoms with Gasteiger partial charge >= 0.3 is 5.97 Å². The van der Waals surface area contributed by atoms with Gasteiger partial charge in [-0.1, -0.05) is 73.2 Å².